The number of nitrogens with one attached hydrogen (secondary N) is 1. The topological polar surface area (TPSA) is 12.0 Å². The molecule has 1 N–H and O–H groups in total. The van der Waals surface area contributed by atoms with Crippen molar-refractivity contribution in [3.05, 3.63) is 34.3 Å². The number of rotatable bonds is 6. The van der Waals surface area contributed by atoms with Gasteiger partial charge in [0.2, 0.25) is 0 Å². The standard InChI is InChI=1S/C18H28ClN/c1-4-9-20-18(16-8-6-13(2)10-16)12-15-7-5-14(3)11-17(15)19/h5,7,11,13,16,18,20H,4,6,8-10,12H2,1-3H3. The minimum atomic E-state index is 0.583. The first-order valence-electron chi connectivity index (χ1n) is 8.08. The molecule has 2 rings (SSSR count). The van der Waals surface area contributed by atoms with Gasteiger partial charge in [-0.05, 0) is 68.2 Å². The molecule has 0 aliphatic heterocycles. The van der Waals surface area contributed by atoms with Gasteiger partial charge in [-0.3, -0.25) is 0 Å². The van der Waals surface area contributed by atoms with Gasteiger partial charge < -0.3 is 5.32 Å². The lowest BCUT2D eigenvalue weighted by Crippen LogP contribution is -2.37. The predicted molar refractivity (Wildman–Crippen MR) is 88.5 cm³/mol. The van der Waals surface area contributed by atoms with E-state index in [0.717, 1.165) is 29.8 Å². The van der Waals surface area contributed by atoms with Gasteiger partial charge in [0.05, 0.1) is 0 Å². The molecule has 0 amide bonds. The van der Waals surface area contributed by atoms with E-state index in [2.05, 4.69) is 44.3 Å². The van der Waals surface area contributed by atoms with Crippen molar-refractivity contribution in [2.24, 2.45) is 11.8 Å². The molecular formula is C18H28ClN. The Balaban J connectivity index is 2.06. The summed E-state index contributed by atoms with van der Waals surface area (Å²) in [4.78, 5) is 0. The summed E-state index contributed by atoms with van der Waals surface area (Å²) in [6.45, 7) is 7.83. The van der Waals surface area contributed by atoms with Crippen LogP contribution in [0.4, 0.5) is 0 Å². The maximum Gasteiger partial charge on any atom is 0.0441 e. The molecule has 1 saturated carbocycles. The second-order valence-corrected chi connectivity index (χ2v) is 6.95. The van der Waals surface area contributed by atoms with Crippen LogP contribution in [0.25, 0.3) is 0 Å². The molecule has 2 heteroatoms. The summed E-state index contributed by atoms with van der Waals surface area (Å²) in [5, 5.41) is 4.69. The predicted octanol–water partition coefficient (Wildman–Crippen LogP) is 5.00. The lowest BCUT2D eigenvalue weighted by molar-refractivity contribution is 0.348. The van der Waals surface area contributed by atoms with E-state index in [1.807, 2.05) is 0 Å². The van der Waals surface area contributed by atoms with Crippen molar-refractivity contribution in [3.8, 4) is 0 Å². The zero-order valence-electron chi connectivity index (χ0n) is 13.1. The summed E-state index contributed by atoms with van der Waals surface area (Å²) in [6, 6.07) is 7.05. The number of benzene rings is 1. The lowest BCUT2D eigenvalue weighted by Gasteiger charge is -2.25. The second kappa shape index (κ2) is 7.47. The minimum Gasteiger partial charge on any atom is -0.313 e. The molecule has 0 radical (unpaired) electrons. The van der Waals surface area contributed by atoms with Crippen molar-refractivity contribution in [2.45, 2.75) is 58.9 Å². The Bertz CT molecular complexity index is 429. The van der Waals surface area contributed by atoms with Crippen molar-refractivity contribution in [3.63, 3.8) is 0 Å². The second-order valence-electron chi connectivity index (χ2n) is 6.54. The molecule has 3 atom stereocenters. The van der Waals surface area contributed by atoms with Crippen LogP contribution < -0.4 is 5.32 Å². The summed E-state index contributed by atoms with van der Waals surface area (Å²) in [5.74, 6) is 1.70. The molecule has 20 heavy (non-hydrogen) atoms. The Kier molecular flexibility index (Phi) is 5.92. The average molecular weight is 294 g/mol. The summed E-state index contributed by atoms with van der Waals surface area (Å²) in [6.07, 6.45) is 6.38. The van der Waals surface area contributed by atoms with Crippen LogP contribution in [0.3, 0.4) is 0 Å². The fourth-order valence-electron chi connectivity index (χ4n) is 3.41. The van der Waals surface area contributed by atoms with Crippen molar-refractivity contribution in [2.75, 3.05) is 6.54 Å². The van der Waals surface area contributed by atoms with Gasteiger partial charge in [-0.25, -0.2) is 0 Å². The van der Waals surface area contributed by atoms with Crippen LogP contribution in [0, 0.1) is 18.8 Å². The lowest BCUT2D eigenvalue weighted by atomic mass is 9.91. The summed E-state index contributed by atoms with van der Waals surface area (Å²) in [5.41, 5.74) is 2.54. The third-order valence-corrected chi connectivity index (χ3v) is 4.96. The zero-order chi connectivity index (χ0) is 14.5. The normalized spacial score (nSPS) is 24.0. The maximum absolute atomic E-state index is 6.42. The molecule has 112 valence electrons. The fourth-order valence-corrected chi connectivity index (χ4v) is 3.72. The molecule has 1 fully saturated rings. The van der Waals surface area contributed by atoms with Gasteiger partial charge in [0.15, 0.2) is 0 Å². The van der Waals surface area contributed by atoms with E-state index in [1.165, 1.54) is 36.8 Å². The van der Waals surface area contributed by atoms with Crippen LogP contribution in [0.15, 0.2) is 18.2 Å². The molecule has 1 aromatic carbocycles. The highest BCUT2D eigenvalue weighted by atomic mass is 35.5. The van der Waals surface area contributed by atoms with E-state index in [4.69, 9.17) is 11.6 Å². The highest BCUT2D eigenvalue weighted by Gasteiger charge is 2.28. The van der Waals surface area contributed by atoms with Crippen molar-refractivity contribution >= 4 is 11.6 Å². The first kappa shape index (κ1) is 15.9. The van der Waals surface area contributed by atoms with Gasteiger partial charge in [-0.2, -0.15) is 0 Å². The van der Waals surface area contributed by atoms with Crippen LogP contribution in [0.2, 0.25) is 5.02 Å². The Morgan fingerprint density at radius 2 is 2.15 bits per heavy atom. The van der Waals surface area contributed by atoms with Crippen LogP contribution in [-0.2, 0) is 6.42 Å². The van der Waals surface area contributed by atoms with Gasteiger partial charge in [0, 0.05) is 11.1 Å². The molecule has 0 bridgehead atoms. The van der Waals surface area contributed by atoms with E-state index >= 15 is 0 Å². The number of hydrogen-bond donors (Lipinski definition) is 1. The molecule has 1 aliphatic carbocycles. The quantitative estimate of drug-likeness (QED) is 0.778. The van der Waals surface area contributed by atoms with Gasteiger partial charge in [0.1, 0.15) is 0 Å². The highest BCUT2D eigenvalue weighted by molar-refractivity contribution is 6.31. The van der Waals surface area contributed by atoms with E-state index in [0.29, 0.717) is 6.04 Å². The SMILES string of the molecule is CCCNC(Cc1ccc(C)cc1Cl)C1CCC(C)C1. The molecule has 0 heterocycles. The summed E-state index contributed by atoms with van der Waals surface area (Å²) >= 11 is 6.42. The smallest absolute Gasteiger partial charge is 0.0441 e. The van der Waals surface area contributed by atoms with Crippen molar-refractivity contribution < 1.29 is 0 Å². The minimum absolute atomic E-state index is 0.583. The van der Waals surface area contributed by atoms with Gasteiger partial charge in [-0.15, -0.1) is 0 Å². The van der Waals surface area contributed by atoms with Crippen LogP contribution in [0.1, 0.15) is 50.7 Å². The van der Waals surface area contributed by atoms with Gasteiger partial charge in [-0.1, -0.05) is 44.0 Å². The van der Waals surface area contributed by atoms with E-state index in [9.17, 15) is 0 Å². The first-order valence-corrected chi connectivity index (χ1v) is 8.46. The zero-order valence-corrected chi connectivity index (χ0v) is 13.8. The summed E-state index contributed by atoms with van der Waals surface area (Å²) < 4.78 is 0. The molecule has 0 spiro atoms. The van der Waals surface area contributed by atoms with Gasteiger partial charge >= 0.3 is 0 Å². The Labute approximate surface area is 129 Å². The Hall–Kier alpha value is -0.530. The third kappa shape index (κ3) is 4.23. The number of halogens is 1. The van der Waals surface area contributed by atoms with Crippen molar-refractivity contribution in [1.29, 1.82) is 0 Å². The maximum atomic E-state index is 6.42. The highest BCUT2D eigenvalue weighted by Crippen LogP contribution is 2.34. The molecule has 0 saturated heterocycles. The summed E-state index contributed by atoms with van der Waals surface area (Å²) in [7, 11) is 0. The Morgan fingerprint density at radius 1 is 1.35 bits per heavy atom. The molecule has 1 aliphatic rings. The Morgan fingerprint density at radius 3 is 2.75 bits per heavy atom. The van der Waals surface area contributed by atoms with Crippen LogP contribution in [-0.4, -0.2) is 12.6 Å². The monoisotopic (exact) mass is 293 g/mol. The van der Waals surface area contributed by atoms with E-state index < -0.39 is 0 Å². The van der Waals surface area contributed by atoms with Crippen molar-refractivity contribution in [1.82, 2.24) is 5.32 Å². The van der Waals surface area contributed by atoms with Crippen LogP contribution in [0.5, 0.6) is 0 Å². The van der Waals surface area contributed by atoms with Crippen LogP contribution >= 0.6 is 11.6 Å². The molecule has 3 unspecified atom stereocenters. The average Bonchev–Trinajstić information content (AvgIpc) is 2.83. The third-order valence-electron chi connectivity index (χ3n) is 4.61. The largest absolute Gasteiger partial charge is 0.313 e. The molecule has 1 nitrogen and oxygen atoms in total. The molecule has 0 aromatic heterocycles. The van der Waals surface area contributed by atoms with E-state index in [-0.39, 0.29) is 0 Å². The number of hydrogen-bond acceptors (Lipinski definition) is 1. The van der Waals surface area contributed by atoms with Gasteiger partial charge in [0.25, 0.3) is 0 Å². The molecular weight excluding hydrogens is 266 g/mol. The fraction of sp³-hybridized carbons (Fsp3) is 0.667. The van der Waals surface area contributed by atoms with E-state index in [1.54, 1.807) is 0 Å². The number of aryl methyl sites for hydroxylation is 1. The first-order chi connectivity index (χ1) is 9.60. The molecule has 1 aromatic rings.